The molecule has 1 unspecified atom stereocenters. The number of benzene rings is 1. The normalized spacial score (nSPS) is 13.9. The molecule has 4 heteroatoms. The predicted molar refractivity (Wildman–Crippen MR) is 85.2 cm³/mol. The van der Waals surface area contributed by atoms with Crippen molar-refractivity contribution in [3.63, 3.8) is 0 Å². The molecule has 1 N–H and O–H groups in total. The van der Waals surface area contributed by atoms with Gasteiger partial charge in [0.15, 0.2) is 5.58 Å². The number of hydrogen-bond donors (Lipinski definition) is 1. The Bertz CT molecular complexity index is 559. The maximum atomic E-state index is 6.15. The standard InChI is InChI=1S/C15H20ClNOS/c1-15(2,3)19-9-12(17-4)13-8-10-6-5-7-11(16)14(10)18-13/h5-8,12,17H,9H2,1-4H3. The van der Waals surface area contributed by atoms with E-state index in [2.05, 4.69) is 32.2 Å². The lowest BCUT2D eigenvalue weighted by molar-refractivity contribution is 0.478. The van der Waals surface area contributed by atoms with Crippen LogP contribution in [0.3, 0.4) is 0 Å². The van der Waals surface area contributed by atoms with E-state index in [1.807, 2.05) is 37.0 Å². The van der Waals surface area contributed by atoms with Gasteiger partial charge in [-0.15, -0.1) is 0 Å². The SMILES string of the molecule is CNC(CSC(C)(C)C)c1cc2cccc(Cl)c2o1. The smallest absolute Gasteiger partial charge is 0.152 e. The van der Waals surface area contributed by atoms with E-state index < -0.39 is 0 Å². The van der Waals surface area contributed by atoms with Gasteiger partial charge in [0.1, 0.15) is 5.76 Å². The van der Waals surface area contributed by atoms with Crippen LogP contribution in [0.5, 0.6) is 0 Å². The van der Waals surface area contributed by atoms with Crippen LogP contribution in [0, 0.1) is 0 Å². The molecule has 1 aromatic heterocycles. The van der Waals surface area contributed by atoms with E-state index in [4.69, 9.17) is 16.0 Å². The van der Waals surface area contributed by atoms with Crippen LogP contribution in [0.25, 0.3) is 11.0 Å². The number of fused-ring (bicyclic) bond motifs is 1. The van der Waals surface area contributed by atoms with Crippen LogP contribution in [0.4, 0.5) is 0 Å². The molecule has 0 fully saturated rings. The van der Waals surface area contributed by atoms with Gasteiger partial charge in [-0.2, -0.15) is 11.8 Å². The summed E-state index contributed by atoms with van der Waals surface area (Å²) in [6, 6.07) is 8.11. The molecule has 1 aromatic carbocycles. The first kappa shape index (κ1) is 14.8. The van der Waals surface area contributed by atoms with Crippen molar-refractivity contribution >= 4 is 34.3 Å². The van der Waals surface area contributed by atoms with Crippen molar-refractivity contribution in [1.82, 2.24) is 5.32 Å². The predicted octanol–water partition coefficient (Wildman–Crippen LogP) is 4.88. The number of furan rings is 1. The Morgan fingerprint density at radius 3 is 2.68 bits per heavy atom. The van der Waals surface area contributed by atoms with E-state index in [-0.39, 0.29) is 10.8 Å². The third kappa shape index (κ3) is 3.68. The molecule has 2 nitrogen and oxygen atoms in total. The van der Waals surface area contributed by atoms with Gasteiger partial charge < -0.3 is 9.73 Å². The number of halogens is 1. The zero-order valence-corrected chi connectivity index (χ0v) is 13.4. The van der Waals surface area contributed by atoms with E-state index in [0.717, 1.165) is 22.5 Å². The van der Waals surface area contributed by atoms with Crippen LogP contribution >= 0.6 is 23.4 Å². The Kier molecular flexibility index (Phi) is 4.49. The molecular weight excluding hydrogens is 278 g/mol. The van der Waals surface area contributed by atoms with Gasteiger partial charge >= 0.3 is 0 Å². The molecule has 1 atom stereocenters. The topological polar surface area (TPSA) is 25.2 Å². The van der Waals surface area contributed by atoms with E-state index in [1.165, 1.54) is 0 Å². The number of hydrogen-bond acceptors (Lipinski definition) is 3. The van der Waals surface area contributed by atoms with E-state index >= 15 is 0 Å². The maximum Gasteiger partial charge on any atom is 0.152 e. The molecule has 19 heavy (non-hydrogen) atoms. The van der Waals surface area contributed by atoms with Crippen molar-refractivity contribution in [2.75, 3.05) is 12.8 Å². The first-order valence-corrected chi connectivity index (χ1v) is 7.76. The zero-order valence-electron chi connectivity index (χ0n) is 11.8. The van der Waals surface area contributed by atoms with Gasteiger partial charge in [-0.3, -0.25) is 0 Å². The molecular formula is C15H20ClNOS. The summed E-state index contributed by atoms with van der Waals surface area (Å²) in [6.45, 7) is 6.67. The molecule has 0 saturated carbocycles. The molecule has 0 aliphatic heterocycles. The van der Waals surface area contributed by atoms with Gasteiger partial charge in [0.2, 0.25) is 0 Å². The Morgan fingerprint density at radius 2 is 2.11 bits per heavy atom. The largest absolute Gasteiger partial charge is 0.458 e. The Morgan fingerprint density at radius 1 is 1.37 bits per heavy atom. The summed E-state index contributed by atoms with van der Waals surface area (Å²) in [6.07, 6.45) is 0. The second-order valence-corrected chi connectivity index (χ2v) is 7.83. The highest BCUT2D eigenvalue weighted by Gasteiger charge is 2.19. The molecule has 0 aliphatic carbocycles. The van der Waals surface area contributed by atoms with Crippen LogP contribution in [0.15, 0.2) is 28.7 Å². The zero-order chi connectivity index (χ0) is 14.0. The monoisotopic (exact) mass is 297 g/mol. The quantitative estimate of drug-likeness (QED) is 0.871. The van der Waals surface area contributed by atoms with E-state index in [9.17, 15) is 0 Å². The fourth-order valence-electron chi connectivity index (χ4n) is 1.86. The lowest BCUT2D eigenvalue weighted by Crippen LogP contribution is -2.21. The second kappa shape index (κ2) is 5.78. The van der Waals surface area contributed by atoms with Gasteiger partial charge in [-0.25, -0.2) is 0 Å². The van der Waals surface area contributed by atoms with Crippen LogP contribution in [-0.4, -0.2) is 17.5 Å². The molecule has 0 bridgehead atoms. The Labute approximate surface area is 123 Å². The van der Waals surface area contributed by atoms with Crippen LogP contribution < -0.4 is 5.32 Å². The van der Waals surface area contributed by atoms with E-state index in [1.54, 1.807) is 0 Å². The van der Waals surface area contributed by atoms with Crippen LogP contribution in [0.1, 0.15) is 32.6 Å². The maximum absolute atomic E-state index is 6.15. The molecule has 2 rings (SSSR count). The summed E-state index contributed by atoms with van der Waals surface area (Å²) in [7, 11) is 1.96. The van der Waals surface area contributed by atoms with Crippen LogP contribution in [0.2, 0.25) is 5.02 Å². The fraction of sp³-hybridized carbons (Fsp3) is 0.467. The average Bonchev–Trinajstić information content (AvgIpc) is 2.73. The first-order chi connectivity index (χ1) is 8.90. The lowest BCUT2D eigenvalue weighted by Gasteiger charge is -2.21. The summed E-state index contributed by atoms with van der Waals surface area (Å²) >= 11 is 8.07. The second-order valence-electron chi connectivity index (χ2n) is 5.57. The van der Waals surface area contributed by atoms with Crippen molar-refractivity contribution in [3.05, 3.63) is 35.0 Å². The Balaban J connectivity index is 2.23. The lowest BCUT2D eigenvalue weighted by atomic mass is 10.2. The van der Waals surface area contributed by atoms with Crippen molar-refractivity contribution in [3.8, 4) is 0 Å². The van der Waals surface area contributed by atoms with Gasteiger partial charge in [-0.1, -0.05) is 44.5 Å². The van der Waals surface area contributed by atoms with Crippen LogP contribution in [-0.2, 0) is 0 Å². The van der Waals surface area contributed by atoms with Gasteiger partial charge in [0.25, 0.3) is 0 Å². The minimum atomic E-state index is 0.202. The highest BCUT2D eigenvalue weighted by molar-refractivity contribution is 8.00. The van der Waals surface area contributed by atoms with Crippen molar-refractivity contribution in [1.29, 1.82) is 0 Å². The third-order valence-corrected chi connectivity index (χ3v) is 4.55. The summed E-state index contributed by atoms with van der Waals surface area (Å²) in [5, 5.41) is 5.04. The molecule has 0 aliphatic rings. The van der Waals surface area contributed by atoms with Gasteiger partial charge in [0, 0.05) is 15.9 Å². The average molecular weight is 298 g/mol. The number of para-hydroxylation sites is 1. The van der Waals surface area contributed by atoms with Crippen molar-refractivity contribution in [2.24, 2.45) is 0 Å². The minimum absolute atomic E-state index is 0.202. The van der Waals surface area contributed by atoms with Gasteiger partial charge in [-0.05, 0) is 19.2 Å². The molecule has 0 spiro atoms. The molecule has 1 heterocycles. The number of nitrogens with one attached hydrogen (secondary N) is 1. The van der Waals surface area contributed by atoms with Crippen molar-refractivity contribution in [2.45, 2.75) is 31.6 Å². The fourth-order valence-corrected chi connectivity index (χ4v) is 3.08. The Hall–Kier alpha value is -0.640. The number of thioether (sulfide) groups is 1. The summed E-state index contributed by atoms with van der Waals surface area (Å²) in [5.74, 6) is 1.92. The molecule has 0 saturated heterocycles. The molecule has 0 amide bonds. The summed E-state index contributed by atoms with van der Waals surface area (Å²) in [4.78, 5) is 0. The third-order valence-electron chi connectivity index (χ3n) is 2.89. The van der Waals surface area contributed by atoms with Crippen molar-refractivity contribution < 1.29 is 4.42 Å². The highest BCUT2D eigenvalue weighted by Crippen LogP contribution is 2.33. The highest BCUT2D eigenvalue weighted by atomic mass is 35.5. The summed E-state index contributed by atoms with van der Waals surface area (Å²) in [5.41, 5.74) is 0.778. The molecule has 2 aromatic rings. The van der Waals surface area contributed by atoms with E-state index in [0.29, 0.717) is 5.02 Å². The first-order valence-electron chi connectivity index (χ1n) is 6.40. The summed E-state index contributed by atoms with van der Waals surface area (Å²) < 4.78 is 6.16. The van der Waals surface area contributed by atoms with Gasteiger partial charge in [0.05, 0.1) is 11.1 Å². The molecule has 104 valence electrons. The molecule has 0 radical (unpaired) electrons. The number of rotatable bonds is 4. The minimum Gasteiger partial charge on any atom is -0.458 e.